The first-order valence-corrected chi connectivity index (χ1v) is 6.88. The largest absolute Gasteiger partial charge is 0.332 e. The number of hydrogen-bond donors (Lipinski definition) is 1. The second kappa shape index (κ2) is 5.36. The highest BCUT2D eigenvalue weighted by Gasteiger charge is 2.20. The van der Waals surface area contributed by atoms with Gasteiger partial charge in [-0.25, -0.2) is 0 Å². The van der Waals surface area contributed by atoms with E-state index in [1.807, 2.05) is 24.7 Å². The molecule has 2 heterocycles. The summed E-state index contributed by atoms with van der Waals surface area (Å²) in [7, 11) is 1.92. The Kier molecular flexibility index (Phi) is 3.94. The van der Waals surface area contributed by atoms with E-state index in [2.05, 4.69) is 48.3 Å². The number of rotatable bonds is 4. The molecule has 1 unspecified atom stereocenters. The predicted molar refractivity (Wildman–Crippen MR) is 77.5 cm³/mol. The van der Waals surface area contributed by atoms with Crippen LogP contribution in [0.4, 0.5) is 0 Å². The zero-order chi connectivity index (χ0) is 14.9. The van der Waals surface area contributed by atoms with Gasteiger partial charge in [0.1, 0.15) is 0 Å². The van der Waals surface area contributed by atoms with Crippen molar-refractivity contribution in [3.63, 3.8) is 0 Å². The molecule has 0 saturated carbocycles. The van der Waals surface area contributed by atoms with Crippen LogP contribution in [0.1, 0.15) is 39.2 Å². The molecule has 0 aliphatic rings. The summed E-state index contributed by atoms with van der Waals surface area (Å²) in [5, 5.41) is 11.7. The van der Waals surface area contributed by atoms with E-state index in [1.54, 1.807) is 0 Å². The van der Waals surface area contributed by atoms with E-state index < -0.39 is 0 Å². The van der Waals surface area contributed by atoms with E-state index in [0.717, 1.165) is 17.8 Å². The lowest BCUT2D eigenvalue weighted by Gasteiger charge is -2.20. The van der Waals surface area contributed by atoms with Crippen LogP contribution < -0.4 is 5.32 Å². The van der Waals surface area contributed by atoms with Gasteiger partial charge < -0.3 is 9.84 Å². The van der Waals surface area contributed by atoms with Crippen LogP contribution in [0.5, 0.6) is 0 Å². The SMILES string of the molecule is CNC(C)Cc1noc(-c2cc(C)n(C(C)(C)C)n2)n1. The van der Waals surface area contributed by atoms with Gasteiger partial charge in [-0.2, -0.15) is 10.1 Å². The molecule has 6 nitrogen and oxygen atoms in total. The Morgan fingerprint density at radius 1 is 1.40 bits per heavy atom. The fraction of sp³-hybridized carbons (Fsp3) is 0.643. The molecule has 2 aromatic heterocycles. The average Bonchev–Trinajstić information content (AvgIpc) is 2.94. The maximum atomic E-state index is 5.31. The summed E-state index contributed by atoms with van der Waals surface area (Å²) >= 11 is 0. The van der Waals surface area contributed by atoms with Crippen molar-refractivity contribution in [1.29, 1.82) is 0 Å². The molecule has 110 valence electrons. The van der Waals surface area contributed by atoms with Crippen molar-refractivity contribution in [3.05, 3.63) is 17.6 Å². The van der Waals surface area contributed by atoms with Crippen molar-refractivity contribution in [3.8, 4) is 11.6 Å². The molecule has 0 fully saturated rings. The normalized spacial score (nSPS) is 13.7. The molecule has 0 aliphatic heterocycles. The molecule has 0 bridgehead atoms. The second-order valence-corrected chi connectivity index (χ2v) is 6.16. The van der Waals surface area contributed by atoms with Gasteiger partial charge >= 0.3 is 0 Å². The third kappa shape index (κ3) is 3.07. The number of nitrogens with one attached hydrogen (secondary N) is 1. The molecule has 0 spiro atoms. The molecule has 1 atom stereocenters. The van der Waals surface area contributed by atoms with E-state index in [4.69, 9.17) is 4.52 Å². The molecule has 0 amide bonds. The fourth-order valence-corrected chi connectivity index (χ4v) is 2.07. The Morgan fingerprint density at radius 2 is 2.10 bits per heavy atom. The summed E-state index contributed by atoms with van der Waals surface area (Å²) < 4.78 is 7.29. The summed E-state index contributed by atoms with van der Waals surface area (Å²) in [5.74, 6) is 1.18. The minimum absolute atomic E-state index is 0.0637. The lowest BCUT2D eigenvalue weighted by atomic mass is 10.1. The predicted octanol–water partition coefficient (Wildman–Crippen LogP) is 2.15. The van der Waals surface area contributed by atoms with Crippen LogP contribution in [0, 0.1) is 6.92 Å². The fourth-order valence-electron chi connectivity index (χ4n) is 2.07. The first-order chi connectivity index (χ1) is 9.31. The highest BCUT2D eigenvalue weighted by molar-refractivity contribution is 5.47. The minimum atomic E-state index is -0.0637. The first-order valence-electron chi connectivity index (χ1n) is 6.88. The molecule has 2 aromatic rings. The standard InChI is InChI=1S/C14H23N5O/c1-9(15-6)7-12-16-13(20-18-12)11-8-10(2)19(17-11)14(3,4)5/h8-9,15H,7H2,1-6H3. The average molecular weight is 277 g/mol. The Labute approximate surface area is 119 Å². The molecule has 2 rings (SSSR count). The molecule has 0 aliphatic carbocycles. The van der Waals surface area contributed by atoms with Gasteiger partial charge in [-0.15, -0.1) is 0 Å². The summed E-state index contributed by atoms with van der Waals surface area (Å²) in [6, 6.07) is 2.29. The van der Waals surface area contributed by atoms with Gasteiger partial charge in [-0.3, -0.25) is 4.68 Å². The lowest BCUT2D eigenvalue weighted by Crippen LogP contribution is -2.24. The lowest BCUT2D eigenvalue weighted by molar-refractivity contribution is 0.347. The maximum absolute atomic E-state index is 5.31. The Morgan fingerprint density at radius 3 is 2.65 bits per heavy atom. The van der Waals surface area contributed by atoms with Gasteiger partial charge in [-0.05, 0) is 47.7 Å². The first kappa shape index (κ1) is 14.7. The number of hydrogen-bond acceptors (Lipinski definition) is 5. The van der Waals surface area contributed by atoms with Crippen molar-refractivity contribution >= 4 is 0 Å². The van der Waals surface area contributed by atoms with Gasteiger partial charge in [0.2, 0.25) is 0 Å². The van der Waals surface area contributed by atoms with Crippen LogP contribution in [0.25, 0.3) is 11.6 Å². The van der Waals surface area contributed by atoms with Gasteiger partial charge in [0.25, 0.3) is 5.89 Å². The van der Waals surface area contributed by atoms with Crippen LogP contribution in [0.2, 0.25) is 0 Å². The maximum Gasteiger partial charge on any atom is 0.278 e. The summed E-state index contributed by atoms with van der Waals surface area (Å²) in [6.07, 6.45) is 0.735. The van der Waals surface area contributed by atoms with Crippen LogP contribution in [0.3, 0.4) is 0 Å². The van der Waals surface area contributed by atoms with Crippen LogP contribution in [-0.2, 0) is 12.0 Å². The van der Waals surface area contributed by atoms with Gasteiger partial charge in [0, 0.05) is 18.2 Å². The third-order valence-corrected chi connectivity index (χ3v) is 3.19. The monoisotopic (exact) mass is 277 g/mol. The zero-order valence-electron chi connectivity index (χ0n) is 13.1. The van der Waals surface area contributed by atoms with E-state index in [-0.39, 0.29) is 5.54 Å². The Hall–Kier alpha value is -1.69. The topological polar surface area (TPSA) is 68.8 Å². The summed E-state index contributed by atoms with van der Waals surface area (Å²) in [6.45, 7) is 10.5. The van der Waals surface area contributed by atoms with E-state index in [0.29, 0.717) is 17.8 Å². The third-order valence-electron chi connectivity index (χ3n) is 3.19. The highest BCUT2D eigenvalue weighted by Crippen LogP contribution is 2.22. The number of nitrogens with zero attached hydrogens (tertiary/aromatic N) is 4. The number of likely N-dealkylation sites (N-methyl/N-ethyl adjacent to an activating group) is 1. The zero-order valence-corrected chi connectivity index (χ0v) is 13.1. The quantitative estimate of drug-likeness (QED) is 0.927. The second-order valence-electron chi connectivity index (χ2n) is 6.16. The molecule has 0 aromatic carbocycles. The molecule has 0 saturated heterocycles. The van der Waals surface area contributed by atoms with Crippen LogP contribution in [-0.4, -0.2) is 33.0 Å². The van der Waals surface area contributed by atoms with Crippen LogP contribution >= 0.6 is 0 Å². The van der Waals surface area contributed by atoms with Crippen molar-refractivity contribution < 1.29 is 4.52 Å². The summed E-state index contributed by atoms with van der Waals surface area (Å²) in [5.41, 5.74) is 1.75. The molecular formula is C14H23N5O. The molecule has 20 heavy (non-hydrogen) atoms. The van der Waals surface area contributed by atoms with E-state index in [1.165, 1.54) is 0 Å². The molecule has 1 N–H and O–H groups in total. The highest BCUT2D eigenvalue weighted by atomic mass is 16.5. The van der Waals surface area contributed by atoms with Crippen molar-refractivity contribution in [2.75, 3.05) is 7.05 Å². The molecular weight excluding hydrogens is 254 g/mol. The van der Waals surface area contributed by atoms with Crippen molar-refractivity contribution in [1.82, 2.24) is 25.2 Å². The molecule has 6 heteroatoms. The molecule has 0 radical (unpaired) electrons. The van der Waals surface area contributed by atoms with Gasteiger partial charge in [0.05, 0.1) is 5.54 Å². The summed E-state index contributed by atoms with van der Waals surface area (Å²) in [4.78, 5) is 4.41. The van der Waals surface area contributed by atoms with E-state index in [9.17, 15) is 0 Å². The van der Waals surface area contributed by atoms with Gasteiger partial charge in [0.15, 0.2) is 11.5 Å². The van der Waals surface area contributed by atoms with Crippen molar-refractivity contribution in [2.24, 2.45) is 0 Å². The smallest absolute Gasteiger partial charge is 0.278 e. The number of aromatic nitrogens is 4. The van der Waals surface area contributed by atoms with Crippen LogP contribution in [0.15, 0.2) is 10.6 Å². The van der Waals surface area contributed by atoms with Crippen molar-refractivity contribution in [2.45, 2.75) is 52.6 Å². The van der Waals surface area contributed by atoms with Gasteiger partial charge in [-0.1, -0.05) is 5.16 Å². The Balaban J connectivity index is 2.25. The number of aryl methyl sites for hydroxylation is 1. The Bertz CT molecular complexity index is 579. The minimum Gasteiger partial charge on any atom is -0.332 e. The van der Waals surface area contributed by atoms with E-state index >= 15 is 0 Å².